The summed E-state index contributed by atoms with van der Waals surface area (Å²) in [4.78, 5) is 0. The Labute approximate surface area is 127 Å². The van der Waals surface area contributed by atoms with Crippen molar-refractivity contribution in [2.75, 3.05) is 0 Å². The van der Waals surface area contributed by atoms with Crippen molar-refractivity contribution < 1.29 is 13.6 Å². The molecule has 0 spiro atoms. The molecule has 0 aliphatic carbocycles. The third-order valence-electron chi connectivity index (χ3n) is 4.10. The predicted molar refractivity (Wildman–Crippen MR) is 85.8 cm³/mol. The second-order valence-corrected chi connectivity index (χ2v) is 7.18. The highest BCUT2D eigenvalue weighted by atomic mass is 31.2. The van der Waals surface area contributed by atoms with Crippen LogP contribution in [0.1, 0.15) is 0 Å². The van der Waals surface area contributed by atoms with E-state index in [2.05, 4.69) is 0 Å². The molecule has 4 heteroatoms. The molecule has 2 aliphatic rings. The van der Waals surface area contributed by atoms with E-state index in [1.807, 2.05) is 66.7 Å². The zero-order chi connectivity index (χ0) is 14.7. The van der Waals surface area contributed by atoms with Crippen LogP contribution < -0.4 is 14.4 Å². The van der Waals surface area contributed by atoms with Gasteiger partial charge in [0.25, 0.3) is 0 Å². The van der Waals surface area contributed by atoms with Crippen molar-refractivity contribution in [3.05, 3.63) is 66.7 Å². The van der Waals surface area contributed by atoms with Crippen LogP contribution in [0.3, 0.4) is 0 Å². The monoisotopic (exact) mass is 306 g/mol. The molecule has 0 saturated heterocycles. The van der Waals surface area contributed by atoms with Crippen LogP contribution in [0, 0.1) is 0 Å². The summed E-state index contributed by atoms with van der Waals surface area (Å²) in [6.07, 6.45) is 0. The highest BCUT2D eigenvalue weighted by Crippen LogP contribution is 2.60. The van der Waals surface area contributed by atoms with Gasteiger partial charge in [0.2, 0.25) is 0 Å². The van der Waals surface area contributed by atoms with E-state index >= 15 is 0 Å². The zero-order valence-electron chi connectivity index (χ0n) is 11.5. The molecule has 0 unspecified atom stereocenters. The molecule has 5 rings (SSSR count). The van der Waals surface area contributed by atoms with Gasteiger partial charge in [-0.05, 0) is 12.1 Å². The molecule has 3 aromatic rings. The van der Waals surface area contributed by atoms with Crippen LogP contribution in [0.25, 0.3) is 22.3 Å². The molecule has 0 aromatic heterocycles. The van der Waals surface area contributed by atoms with Crippen LogP contribution >= 0.6 is 7.60 Å². The molecule has 0 N–H and O–H groups in total. The van der Waals surface area contributed by atoms with Crippen molar-refractivity contribution in [3.8, 4) is 33.8 Å². The fraction of sp³-hybridized carbons (Fsp3) is 0. The quantitative estimate of drug-likeness (QED) is 0.568. The lowest BCUT2D eigenvalue weighted by Gasteiger charge is -2.33. The van der Waals surface area contributed by atoms with Gasteiger partial charge in [0, 0.05) is 22.3 Å². The number of hydrogen-bond acceptors (Lipinski definition) is 3. The van der Waals surface area contributed by atoms with E-state index in [4.69, 9.17) is 9.05 Å². The maximum absolute atomic E-state index is 13.4. The van der Waals surface area contributed by atoms with Crippen molar-refractivity contribution >= 4 is 12.9 Å². The molecule has 3 aromatic carbocycles. The summed E-state index contributed by atoms with van der Waals surface area (Å²) in [7, 11) is -3.40. The molecule has 0 radical (unpaired) electrons. The minimum atomic E-state index is -3.40. The van der Waals surface area contributed by atoms with E-state index in [0.29, 0.717) is 16.8 Å². The third kappa shape index (κ3) is 1.44. The molecule has 22 heavy (non-hydrogen) atoms. The average molecular weight is 306 g/mol. The Morgan fingerprint density at radius 3 is 1.59 bits per heavy atom. The SMILES string of the molecule is O=P12Oc3ccccc3-c3cccc(c31)-c1ccccc1O2. The Kier molecular flexibility index (Phi) is 2.21. The second-order valence-electron chi connectivity index (χ2n) is 5.37. The highest BCUT2D eigenvalue weighted by molar-refractivity contribution is 7.64. The summed E-state index contributed by atoms with van der Waals surface area (Å²) < 4.78 is 25.0. The summed E-state index contributed by atoms with van der Waals surface area (Å²) in [6, 6.07) is 21.2. The fourth-order valence-electron chi connectivity index (χ4n) is 3.18. The Balaban J connectivity index is 1.93. The molecule has 0 saturated carbocycles. The van der Waals surface area contributed by atoms with Crippen LogP contribution in [0.15, 0.2) is 66.7 Å². The Morgan fingerprint density at radius 1 is 0.591 bits per heavy atom. The van der Waals surface area contributed by atoms with E-state index in [1.54, 1.807) is 0 Å². The van der Waals surface area contributed by atoms with Crippen molar-refractivity contribution in [2.45, 2.75) is 0 Å². The summed E-state index contributed by atoms with van der Waals surface area (Å²) in [5, 5.41) is 0.674. The first-order chi connectivity index (χ1) is 10.8. The minimum absolute atomic E-state index is 0.606. The van der Waals surface area contributed by atoms with Gasteiger partial charge in [0.15, 0.2) is 0 Å². The van der Waals surface area contributed by atoms with Crippen molar-refractivity contribution in [2.24, 2.45) is 0 Å². The first kappa shape index (κ1) is 12.1. The number of benzene rings is 3. The predicted octanol–water partition coefficient (Wildman–Crippen LogP) is 4.62. The topological polar surface area (TPSA) is 35.5 Å². The summed E-state index contributed by atoms with van der Waals surface area (Å²) in [6.45, 7) is 0. The number of fused-ring (bicyclic) bond motifs is 4. The number of para-hydroxylation sites is 2. The summed E-state index contributed by atoms with van der Waals surface area (Å²) >= 11 is 0. The van der Waals surface area contributed by atoms with Gasteiger partial charge >= 0.3 is 7.60 Å². The van der Waals surface area contributed by atoms with Crippen molar-refractivity contribution in [1.29, 1.82) is 0 Å². The lowest BCUT2D eigenvalue weighted by atomic mass is 9.97. The van der Waals surface area contributed by atoms with E-state index in [9.17, 15) is 4.57 Å². The lowest BCUT2D eigenvalue weighted by molar-refractivity contribution is 0.397. The van der Waals surface area contributed by atoms with Gasteiger partial charge in [-0.1, -0.05) is 54.6 Å². The molecule has 0 atom stereocenters. The summed E-state index contributed by atoms with van der Waals surface area (Å²) in [5.74, 6) is 1.21. The van der Waals surface area contributed by atoms with Crippen LogP contribution in [0.4, 0.5) is 0 Å². The maximum Gasteiger partial charge on any atom is 0.464 e. The van der Waals surface area contributed by atoms with Crippen LogP contribution in [-0.2, 0) is 4.57 Å². The molecule has 0 bridgehead atoms. The van der Waals surface area contributed by atoms with Gasteiger partial charge in [-0.15, -0.1) is 0 Å². The first-order valence-corrected chi connectivity index (χ1v) is 8.62. The molecule has 2 heterocycles. The zero-order valence-corrected chi connectivity index (χ0v) is 12.4. The van der Waals surface area contributed by atoms with Crippen LogP contribution in [-0.4, -0.2) is 0 Å². The molecule has 2 aliphatic heterocycles. The molecular formula is C18H11O3P. The molecule has 0 fully saturated rings. The van der Waals surface area contributed by atoms with Crippen LogP contribution in [0.5, 0.6) is 11.5 Å². The van der Waals surface area contributed by atoms with Gasteiger partial charge in [-0.3, -0.25) is 0 Å². The number of rotatable bonds is 0. The van der Waals surface area contributed by atoms with Gasteiger partial charge in [-0.25, -0.2) is 4.57 Å². The smallest absolute Gasteiger partial charge is 0.412 e. The highest BCUT2D eigenvalue weighted by Gasteiger charge is 2.44. The second kappa shape index (κ2) is 4.02. The largest absolute Gasteiger partial charge is 0.464 e. The Bertz CT molecular complexity index is 906. The van der Waals surface area contributed by atoms with Gasteiger partial charge in [0.1, 0.15) is 16.8 Å². The van der Waals surface area contributed by atoms with Crippen molar-refractivity contribution in [1.82, 2.24) is 0 Å². The van der Waals surface area contributed by atoms with E-state index in [1.165, 1.54) is 0 Å². The van der Waals surface area contributed by atoms with Crippen LogP contribution in [0.2, 0.25) is 0 Å². The molecule has 106 valence electrons. The number of hydrogen-bond donors (Lipinski definition) is 0. The lowest BCUT2D eigenvalue weighted by Crippen LogP contribution is -2.26. The molecule has 3 nitrogen and oxygen atoms in total. The van der Waals surface area contributed by atoms with E-state index in [-0.39, 0.29) is 0 Å². The van der Waals surface area contributed by atoms with Gasteiger partial charge in [0.05, 0.1) is 0 Å². The summed E-state index contributed by atoms with van der Waals surface area (Å²) in [5.41, 5.74) is 3.76. The van der Waals surface area contributed by atoms with Crippen molar-refractivity contribution in [3.63, 3.8) is 0 Å². The van der Waals surface area contributed by atoms with Gasteiger partial charge < -0.3 is 9.05 Å². The fourth-order valence-corrected chi connectivity index (χ4v) is 5.22. The standard InChI is InChI=1S/C18H11O3P/c19-22-18-14(12-6-1-3-10-16(12)20-22)8-5-9-15(18)13-7-2-4-11-17(13)21-22/h1-11H. The third-order valence-corrected chi connectivity index (χ3v) is 6.01. The Morgan fingerprint density at radius 2 is 1.05 bits per heavy atom. The average Bonchev–Trinajstić information content (AvgIpc) is 2.55. The molecular weight excluding hydrogens is 295 g/mol. The normalized spacial score (nSPS) is 15.6. The Hall–Kier alpha value is -2.51. The molecule has 0 amide bonds. The van der Waals surface area contributed by atoms with E-state index < -0.39 is 7.60 Å². The first-order valence-electron chi connectivity index (χ1n) is 7.08. The minimum Gasteiger partial charge on any atom is -0.412 e. The maximum atomic E-state index is 13.4. The van der Waals surface area contributed by atoms with Gasteiger partial charge in [-0.2, -0.15) is 0 Å². The van der Waals surface area contributed by atoms with E-state index in [0.717, 1.165) is 22.3 Å².